The molecule has 146 valence electrons. The molecule has 0 fully saturated rings. The van der Waals surface area contributed by atoms with Crippen LogP contribution in [0.15, 0.2) is 81.7 Å². The molecule has 1 aromatic carbocycles. The number of hydrogen-bond acceptors (Lipinski definition) is 5. The molecule has 0 bridgehead atoms. The minimum absolute atomic E-state index is 0.0272. The van der Waals surface area contributed by atoms with Crippen LogP contribution in [0.5, 0.6) is 0 Å². The van der Waals surface area contributed by atoms with Crippen molar-refractivity contribution in [2.75, 3.05) is 0 Å². The fraction of sp³-hybridized carbons (Fsp3) is 0.125. The smallest absolute Gasteiger partial charge is 0.271 e. The fourth-order valence-electron chi connectivity index (χ4n) is 4.33. The summed E-state index contributed by atoms with van der Waals surface area (Å²) in [5.41, 5.74) is 5.83. The monoisotopic (exact) mass is 427 g/mol. The Kier molecular flexibility index (Phi) is 4.14. The number of fused-ring (bicyclic) bond motifs is 3. The summed E-state index contributed by atoms with van der Waals surface area (Å²) in [7, 11) is 0. The van der Waals surface area contributed by atoms with Crippen LogP contribution in [0.3, 0.4) is 0 Å². The summed E-state index contributed by atoms with van der Waals surface area (Å²) in [6.45, 7) is 0. The molecule has 6 heteroatoms. The van der Waals surface area contributed by atoms with Gasteiger partial charge in [-0.3, -0.25) is 14.3 Å². The Morgan fingerprint density at radius 2 is 1.90 bits per heavy atom. The van der Waals surface area contributed by atoms with Gasteiger partial charge < -0.3 is 0 Å². The fourth-order valence-corrected chi connectivity index (χ4v) is 6.18. The van der Waals surface area contributed by atoms with Gasteiger partial charge in [-0.15, -0.1) is 11.3 Å². The quantitative estimate of drug-likeness (QED) is 0.489. The van der Waals surface area contributed by atoms with Crippen LogP contribution in [0.4, 0.5) is 0 Å². The molecular weight excluding hydrogens is 410 g/mol. The lowest BCUT2D eigenvalue weighted by Gasteiger charge is -2.30. The van der Waals surface area contributed by atoms with Gasteiger partial charge in [-0.2, -0.15) is 0 Å². The second-order valence-electron chi connectivity index (χ2n) is 7.41. The Bertz CT molecular complexity index is 1460. The highest BCUT2D eigenvalue weighted by atomic mass is 32.1. The van der Waals surface area contributed by atoms with Crippen molar-refractivity contribution < 1.29 is 0 Å². The zero-order chi connectivity index (χ0) is 20.1. The number of aryl methyl sites for hydroxylation is 1. The first-order valence-corrected chi connectivity index (χ1v) is 11.6. The topological polar surface area (TPSA) is 47.2 Å². The van der Waals surface area contributed by atoms with Crippen LogP contribution in [-0.4, -0.2) is 9.55 Å². The number of thiophene rings is 1. The zero-order valence-corrected chi connectivity index (χ0v) is 17.6. The average molecular weight is 428 g/mol. The average Bonchev–Trinajstić information content (AvgIpc) is 3.42. The Hall–Kier alpha value is -3.09. The highest BCUT2D eigenvalue weighted by Gasteiger charge is 2.32. The molecule has 6 rings (SSSR count). The van der Waals surface area contributed by atoms with Gasteiger partial charge in [0.15, 0.2) is 4.80 Å². The van der Waals surface area contributed by atoms with Crippen LogP contribution in [0.25, 0.3) is 11.8 Å². The lowest BCUT2D eigenvalue weighted by atomic mass is 9.85. The summed E-state index contributed by atoms with van der Waals surface area (Å²) in [4.78, 5) is 24.5. The summed E-state index contributed by atoms with van der Waals surface area (Å²) in [6, 6.07) is 16.4. The molecule has 4 heterocycles. The number of nitrogens with zero attached hydrogens (tertiary/aromatic N) is 3. The van der Waals surface area contributed by atoms with E-state index in [9.17, 15) is 4.79 Å². The summed E-state index contributed by atoms with van der Waals surface area (Å²) in [5, 5.41) is 2.08. The first-order chi connectivity index (χ1) is 14.8. The molecule has 0 saturated carbocycles. The standard InChI is InChI=1S/C24H17N3OS2/c28-23-20(14-15-9-11-25-12-10-15)30-24-26-21-17-5-2-1-4-16(17)7-8-18(21)22(27(23)24)19-6-3-13-29-19/h1-6,9-14,22H,7-8H2/b20-14-/t22-/m0/s1. The van der Waals surface area contributed by atoms with Crippen LogP contribution in [0.2, 0.25) is 0 Å². The van der Waals surface area contributed by atoms with Crippen molar-refractivity contribution in [2.24, 2.45) is 4.99 Å². The second kappa shape index (κ2) is 7.00. The number of rotatable bonds is 2. The third-order valence-electron chi connectivity index (χ3n) is 5.69. The van der Waals surface area contributed by atoms with Crippen molar-refractivity contribution in [1.29, 1.82) is 0 Å². The normalized spacial score (nSPS) is 17.9. The van der Waals surface area contributed by atoms with Gasteiger partial charge in [0, 0.05) is 22.8 Å². The molecule has 4 nitrogen and oxygen atoms in total. The van der Waals surface area contributed by atoms with Crippen molar-refractivity contribution in [3.63, 3.8) is 0 Å². The van der Waals surface area contributed by atoms with Crippen LogP contribution < -0.4 is 14.9 Å². The van der Waals surface area contributed by atoms with E-state index in [2.05, 4.69) is 46.8 Å². The molecule has 0 radical (unpaired) electrons. The van der Waals surface area contributed by atoms with E-state index in [1.54, 1.807) is 23.7 Å². The molecule has 30 heavy (non-hydrogen) atoms. The summed E-state index contributed by atoms with van der Waals surface area (Å²) < 4.78 is 2.60. The van der Waals surface area contributed by atoms with E-state index in [0.29, 0.717) is 4.53 Å². The van der Waals surface area contributed by atoms with Gasteiger partial charge in [-0.25, -0.2) is 4.99 Å². The van der Waals surface area contributed by atoms with Crippen LogP contribution >= 0.6 is 22.7 Å². The van der Waals surface area contributed by atoms with E-state index in [-0.39, 0.29) is 11.6 Å². The maximum absolute atomic E-state index is 13.5. The van der Waals surface area contributed by atoms with Crippen LogP contribution in [-0.2, 0) is 6.42 Å². The summed E-state index contributed by atoms with van der Waals surface area (Å²) >= 11 is 3.17. The summed E-state index contributed by atoms with van der Waals surface area (Å²) in [6.07, 6.45) is 7.33. The van der Waals surface area contributed by atoms with Gasteiger partial charge in [0.25, 0.3) is 5.56 Å². The lowest BCUT2D eigenvalue weighted by molar-refractivity contribution is 0.593. The number of hydrogen-bond donors (Lipinski definition) is 0. The van der Waals surface area contributed by atoms with Crippen molar-refractivity contribution in [3.05, 3.63) is 113 Å². The van der Waals surface area contributed by atoms with Gasteiger partial charge in [0.2, 0.25) is 0 Å². The molecule has 3 aromatic heterocycles. The Morgan fingerprint density at radius 3 is 2.73 bits per heavy atom. The molecule has 1 aliphatic carbocycles. The van der Waals surface area contributed by atoms with E-state index in [1.165, 1.54) is 32.9 Å². The highest BCUT2D eigenvalue weighted by Crippen LogP contribution is 2.42. The van der Waals surface area contributed by atoms with E-state index < -0.39 is 0 Å². The first-order valence-electron chi connectivity index (χ1n) is 9.86. The van der Waals surface area contributed by atoms with Gasteiger partial charge in [-0.05, 0) is 59.2 Å². The van der Waals surface area contributed by atoms with Crippen LogP contribution in [0, 0.1) is 0 Å². The number of allylic oxidation sites excluding steroid dienone is 1. The highest BCUT2D eigenvalue weighted by molar-refractivity contribution is 7.10. The molecule has 2 aliphatic rings. The van der Waals surface area contributed by atoms with Gasteiger partial charge in [0.05, 0.1) is 16.3 Å². The second-order valence-corrected chi connectivity index (χ2v) is 9.40. The summed E-state index contributed by atoms with van der Waals surface area (Å²) in [5.74, 6) is 0. The first kappa shape index (κ1) is 17.7. The van der Waals surface area contributed by atoms with E-state index in [1.807, 2.05) is 22.8 Å². The molecule has 0 amide bonds. The molecule has 1 atom stereocenters. The SMILES string of the molecule is O=c1/c(=C/c2ccncc2)sc2n1[C@H](c1cccs1)C1=C(N=2)c2ccccc2CC1. The molecule has 1 aliphatic heterocycles. The molecular formula is C24H17N3OS2. The predicted molar refractivity (Wildman–Crippen MR) is 121 cm³/mol. The zero-order valence-electron chi connectivity index (χ0n) is 16.0. The van der Waals surface area contributed by atoms with E-state index in [4.69, 9.17) is 4.99 Å². The lowest BCUT2D eigenvalue weighted by Crippen LogP contribution is -2.38. The molecule has 0 spiro atoms. The molecule has 0 saturated heterocycles. The van der Waals surface area contributed by atoms with Gasteiger partial charge >= 0.3 is 0 Å². The maximum Gasteiger partial charge on any atom is 0.271 e. The van der Waals surface area contributed by atoms with Gasteiger partial charge in [-0.1, -0.05) is 41.7 Å². The Morgan fingerprint density at radius 1 is 1.03 bits per heavy atom. The van der Waals surface area contributed by atoms with Gasteiger partial charge in [0.1, 0.15) is 0 Å². The van der Waals surface area contributed by atoms with E-state index in [0.717, 1.165) is 28.9 Å². The number of aromatic nitrogens is 2. The molecule has 0 N–H and O–H groups in total. The number of benzene rings is 1. The molecule has 4 aromatic rings. The van der Waals surface area contributed by atoms with Crippen molar-refractivity contribution in [2.45, 2.75) is 18.9 Å². The third-order valence-corrected chi connectivity index (χ3v) is 7.60. The van der Waals surface area contributed by atoms with Crippen LogP contribution in [0.1, 0.15) is 34.0 Å². The largest absolute Gasteiger partial charge is 0.271 e. The number of pyridine rings is 1. The van der Waals surface area contributed by atoms with Crippen molar-refractivity contribution >= 4 is 34.4 Å². The number of thiazole rings is 1. The minimum Gasteiger partial charge on any atom is -0.271 e. The maximum atomic E-state index is 13.5. The predicted octanol–water partition coefficient (Wildman–Crippen LogP) is 3.78. The molecule has 0 unspecified atom stereocenters. The van der Waals surface area contributed by atoms with Crippen molar-refractivity contribution in [1.82, 2.24) is 9.55 Å². The Labute approximate surface area is 180 Å². The van der Waals surface area contributed by atoms with Crippen molar-refractivity contribution in [3.8, 4) is 0 Å². The third kappa shape index (κ3) is 2.75. The van der Waals surface area contributed by atoms with E-state index >= 15 is 0 Å². The minimum atomic E-state index is -0.0794. The Balaban J connectivity index is 1.64.